The second-order valence-electron chi connectivity index (χ2n) is 6.78. The van der Waals surface area contributed by atoms with Crippen LogP contribution < -0.4 is 14.8 Å². The van der Waals surface area contributed by atoms with Crippen molar-refractivity contribution in [2.24, 2.45) is 0 Å². The molecule has 0 saturated carbocycles. The number of hydrogen-bond acceptors (Lipinski definition) is 6. The molecule has 8 nitrogen and oxygen atoms in total. The van der Waals surface area contributed by atoms with E-state index in [9.17, 15) is 26.8 Å². The fourth-order valence-electron chi connectivity index (χ4n) is 2.51. The van der Waals surface area contributed by atoms with Crippen molar-refractivity contribution in [3.63, 3.8) is 0 Å². The summed E-state index contributed by atoms with van der Waals surface area (Å²) in [6.07, 6.45) is -1.43. The number of ether oxygens (including phenoxy) is 2. The second-order valence-corrected chi connectivity index (χ2v) is 8.46. The van der Waals surface area contributed by atoms with Gasteiger partial charge in [0.2, 0.25) is 10.0 Å². The lowest BCUT2D eigenvalue weighted by Crippen LogP contribution is -2.31. The standard InChI is InChI=1S/C20H22F2N2O6S/c1-11(2)24-31(27,28)17-10-13(8-9-16(17)29-4)20(26)30-12(3)19(25)23-18-14(21)6-5-7-15(18)22/h5-12,24H,1-4H3,(H,23,25). The van der Waals surface area contributed by atoms with Gasteiger partial charge in [-0.15, -0.1) is 0 Å². The van der Waals surface area contributed by atoms with Crippen LogP contribution >= 0.6 is 0 Å². The predicted octanol–water partition coefficient (Wildman–Crippen LogP) is 2.84. The summed E-state index contributed by atoms with van der Waals surface area (Å²) in [4.78, 5) is 24.3. The lowest BCUT2D eigenvalue weighted by molar-refractivity contribution is -0.123. The Hall–Kier alpha value is -3.05. The van der Waals surface area contributed by atoms with Gasteiger partial charge in [0.1, 0.15) is 28.0 Å². The van der Waals surface area contributed by atoms with Gasteiger partial charge in [-0.05, 0) is 51.1 Å². The van der Waals surface area contributed by atoms with Crippen LogP contribution in [0.25, 0.3) is 0 Å². The molecule has 0 aliphatic heterocycles. The predicted molar refractivity (Wildman–Crippen MR) is 108 cm³/mol. The molecule has 0 aliphatic carbocycles. The van der Waals surface area contributed by atoms with Gasteiger partial charge in [0, 0.05) is 6.04 Å². The zero-order chi connectivity index (χ0) is 23.3. The van der Waals surface area contributed by atoms with Crippen molar-refractivity contribution in [1.82, 2.24) is 4.72 Å². The lowest BCUT2D eigenvalue weighted by atomic mass is 10.2. The molecule has 2 N–H and O–H groups in total. The average molecular weight is 456 g/mol. The van der Waals surface area contributed by atoms with Gasteiger partial charge in [-0.1, -0.05) is 6.07 Å². The molecule has 0 bridgehead atoms. The number of halogens is 2. The Morgan fingerprint density at radius 2 is 1.65 bits per heavy atom. The number of carbonyl (C=O) groups excluding carboxylic acids is 2. The van der Waals surface area contributed by atoms with E-state index >= 15 is 0 Å². The van der Waals surface area contributed by atoms with E-state index < -0.39 is 51.4 Å². The minimum atomic E-state index is -4.00. The maximum Gasteiger partial charge on any atom is 0.338 e. The molecule has 0 heterocycles. The van der Waals surface area contributed by atoms with E-state index in [0.717, 1.165) is 24.3 Å². The minimum absolute atomic E-state index is 0.00511. The molecule has 1 amide bonds. The Balaban J connectivity index is 2.21. The first-order valence-corrected chi connectivity index (χ1v) is 10.6. The van der Waals surface area contributed by atoms with Crippen LogP contribution in [0.4, 0.5) is 14.5 Å². The summed E-state index contributed by atoms with van der Waals surface area (Å²) >= 11 is 0. The van der Waals surface area contributed by atoms with Crippen molar-refractivity contribution in [3.8, 4) is 5.75 Å². The number of rotatable bonds is 8. The van der Waals surface area contributed by atoms with Crippen LogP contribution in [-0.4, -0.2) is 39.5 Å². The number of anilines is 1. The van der Waals surface area contributed by atoms with E-state index in [1.54, 1.807) is 13.8 Å². The second kappa shape index (κ2) is 9.84. The molecule has 0 fully saturated rings. The summed E-state index contributed by atoms with van der Waals surface area (Å²) < 4.78 is 64.8. The first kappa shape index (κ1) is 24.2. The molecule has 1 unspecified atom stereocenters. The van der Waals surface area contributed by atoms with Crippen molar-refractivity contribution in [1.29, 1.82) is 0 Å². The van der Waals surface area contributed by atoms with Crippen molar-refractivity contribution in [2.45, 2.75) is 37.8 Å². The van der Waals surface area contributed by atoms with Crippen LogP contribution in [-0.2, 0) is 19.6 Å². The van der Waals surface area contributed by atoms with E-state index in [4.69, 9.17) is 9.47 Å². The molecule has 0 radical (unpaired) electrons. The summed E-state index contributed by atoms with van der Waals surface area (Å²) in [6.45, 7) is 4.45. The van der Waals surface area contributed by atoms with E-state index in [1.165, 1.54) is 26.2 Å². The summed E-state index contributed by atoms with van der Waals surface area (Å²) in [5, 5.41) is 2.02. The normalized spacial score (nSPS) is 12.4. The molecule has 0 aromatic heterocycles. The molecule has 0 aliphatic rings. The molecule has 2 aromatic carbocycles. The molecule has 0 saturated heterocycles. The van der Waals surface area contributed by atoms with Gasteiger partial charge in [0.15, 0.2) is 6.10 Å². The summed E-state index contributed by atoms with van der Waals surface area (Å²) in [6, 6.07) is 6.22. The van der Waals surface area contributed by atoms with Crippen LogP contribution in [0.1, 0.15) is 31.1 Å². The Bertz CT molecular complexity index is 1070. The monoisotopic (exact) mass is 456 g/mol. The molecule has 1 atom stereocenters. The highest BCUT2D eigenvalue weighted by Gasteiger charge is 2.25. The zero-order valence-electron chi connectivity index (χ0n) is 17.2. The summed E-state index contributed by atoms with van der Waals surface area (Å²) in [7, 11) is -2.72. The zero-order valence-corrected chi connectivity index (χ0v) is 18.0. The minimum Gasteiger partial charge on any atom is -0.495 e. The first-order valence-electron chi connectivity index (χ1n) is 9.12. The lowest BCUT2D eigenvalue weighted by Gasteiger charge is -2.16. The SMILES string of the molecule is COc1ccc(C(=O)OC(C)C(=O)Nc2c(F)cccc2F)cc1S(=O)(=O)NC(C)C. The maximum atomic E-state index is 13.7. The molecule has 0 spiro atoms. The first-order chi connectivity index (χ1) is 14.5. The van der Waals surface area contributed by atoms with Crippen LogP contribution in [0.2, 0.25) is 0 Å². The third-order valence-corrected chi connectivity index (χ3v) is 5.62. The van der Waals surface area contributed by atoms with Gasteiger partial charge in [-0.25, -0.2) is 26.7 Å². The fourth-order valence-corrected chi connectivity index (χ4v) is 3.96. The third-order valence-electron chi connectivity index (χ3n) is 3.94. The number of amides is 1. The number of benzene rings is 2. The number of methoxy groups -OCH3 is 1. The van der Waals surface area contributed by atoms with Crippen molar-refractivity contribution in [3.05, 3.63) is 53.6 Å². The quantitative estimate of drug-likeness (QED) is 0.591. The Morgan fingerprint density at radius 1 is 1.03 bits per heavy atom. The van der Waals surface area contributed by atoms with E-state index in [1.807, 2.05) is 5.32 Å². The Kier molecular flexibility index (Phi) is 7.69. The molecule has 31 heavy (non-hydrogen) atoms. The highest BCUT2D eigenvalue weighted by Crippen LogP contribution is 2.26. The van der Waals surface area contributed by atoms with Gasteiger partial charge in [-0.2, -0.15) is 0 Å². The molecule has 11 heteroatoms. The Morgan fingerprint density at radius 3 is 2.19 bits per heavy atom. The molecular weight excluding hydrogens is 434 g/mol. The topological polar surface area (TPSA) is 111 Å². The van der Waals surface area contributed by atoms with Crippen LogP contribution in [0.15, 0.2) is 41.3 Å². The number of nitrogens with one attached hydrogen (secondary N) is 2. The van der Waals surface area contributed by atoms with Crippen molar-refractivity contribution >= 4 is 27.6 Å². The van der Waals surface area contributed by atoms with Gasteiger partial charge in [-0.3, -0.25) is 4.79 Å². The number of hydrogen-bond donors (Lipinski definition) is 2. The molecular formula is C20H22F2N2O6S. The summed E-state index contributed by atoms with van der Waals surface area (Å²) in [5.74, 6) is -3.96. The van der Waals surface area contributed by atoms with Crippen LogP contribution in [0.3, 0.4) is 0 Å². The number of carbonyl (C=O) groups is 2. The largest absolute Gasteiger partial charge is 0.495 e. The molecule has 2 aromatic rings. The summed E-state index contributed by atoms with van der Waals surface area (Å²) in [5.41, 5.74) is -0.838. The van der Waals surface area contributed by atoms with Crippen molar-refractivity contribution < 1.29 is 36.3 Å². The van der Waals surface area contributed by atoms with Gasteiger partial charge in [0.05, 0.1) is 12.7 Å². The van der Waals surface area contributed by atoms with E-state index in [0.29, 0.717) is 0 Å². The third kappa shape index (κ3) is 5.98. The van der Waals surface area contributed by atoms with Gasteiger partial charge >= 0.3 is 5.97 Å². The van der Waals surface area contributed by atoms with E-state index in [2.05, 4.69) is 4.72 Å². The average Bonchev–Trinajstić information content (AvgIpc) is 2.69. The Labute approximate surface area is 178 Å². The number of sulfonamides is 1. The molecule has 2 rings (SSSR count). The highest BCUT2D eigenvalue weighted by molar-refractivity contribution is 7.89. The number of para-hydroxylation sites is 1. The van der Waals surface area contributed by atoms with Gasteiger partial charge in [0.25, 0.3) is 5.91 Å². The molecule has 168 valence electrons. The van der Waals surface area contributed by atoms with Crippen LogP contribution in [0.5, 0.6) is 5.75 Å². The maximum absolute atomic E-state index is 13.7. The highest BCUT2D eigenvalue weighted by atomic mass is 32.2. The van der Waals surface area contributed by atoms with Gasteiger partial charge < -0.3 is 14.8 Å². The van der Waals surface area contributed by atoms with E-state index in [-0.39, 0.29) is 16.2 Å². The smallest absolute Gasteiger partial charge is 0.338 e. The van der Waals surface area contributed by atoms with Crippen LogP contribution in [0, 0.1) is 11.6 Å². The fraction of sp³-hybridized carbons (Fsp3) is 0.300. The number of esters is 1. The van der Waals surface area contributed by atoms with Crippen molar-refractivity contribution in [2.75, 3.05) is 12.4 Å².